The Morgan fingerprint density at radius 3 is 2.92 bits per heavy atom. The highest BCUT2D eigenvalue weighted by Gasteiger charge is 2.52. The van der Waals surface area contributed by atoms with Gasteiger partial charge in [0.05, 0.1) is 17.6 Å². The summed E-state index contributed by atoms with van der Waals surface area (Å²) in [5.74, 6) is -0.712. The van der Waals surface area contributed by atoms with Crippen LogP contribution in [0.2, 0.25) is 0 Å². The third-order valence-electron chi connectivity index (χ3n) is 4.14. The quantitative estimate of drug-likeness (QED) is 0.471. The van der Waals surface area contributed by atoms with E-state index in [0.29, 0.717) is 0 Å². The van der Waals surface area contributed by atoms with Gasteiger partial charge in [-0.3, -0.25) is 13.8 Å². The summed E-state index contributed by atoms with van der Waals surface area (Å²) in [6.07, 6.45) is -1.70. The van der Waals surface area contributed by atoms with E-state index in [9.17, 15) is 19.4 Å². The summed E-state index contributed by atoms with van der Waals surface area (Å²) >= 11 is 0. The van der Waals surface area contributed by atoms with E-state index in [4.69, 9.17) is 20.7 Å². The van der Waals surface area contributed by atoms with Crippen molar-refractivity contribution in [2.45, 2.75) is 24.5 Å². The number of anilines is 1. The largest absolute Gasteiger partial charge is 0.472 e. The first kappa shape index (κ1) is 16.4. The van der Waals surface area contributed by atoms with Crippen molar-refractivity contribution >= 4 is 30.6 Å². The van der Waals surface area contributed by atoms with Crippen molar-refractivity contribution in [2.24, 2.45) is 5.73 Å². The number of aliphatic hydroxyl groups excluding tert-OH is 1. The molecule has 3 unspecified atom stereocenters. The Morgan fingerprint density at radius 2 is 2.20 bits per heavy atom. The molecule has 2 saturated heterocycles. The molecule has 2 aliphatic heterocycles. The number of fused-ring (bicyclic) bond motifs is 2. The number of carbonyl (C=O) groups is 1. The molecule has 0 aromatic carbocycles. The fourth-order valence-corrected chi connectivity index (χ4v) is 4.02. The van der Waals surface area contributed by atoms with Crippen LogP contribution in [0.5, 0.6) is 0 Å². The number of aromatic nitrogens is 3. The topological polar surface area (TPSA) is 185 Å². The first-order valence-corrected chi connectivity index (χ1v) is 8.68. The van der Waals surface area contributed by atoms with E-state index in [1.54, 1.807) is 0 Å². The number of nitrogens with two attached hydrogens (primary N) is 2. The smallest absolute Gasteiger partial charge is 0.386 e. The number of phosphoric acid groups is 1. The fraction of sp³-hybridized carbons (Fsp3) is 0.417. The molecule has 4 rings (SSSR count). The normalized spacial score (nSPS) is 35.0. The van der Waals surface area contributed by atoms with Gasteiger partial charge in [-0.2, -0.15) is 0 Å². The van der Waals surface area contributed by atoms with Crippen molar-refractivity contribution in [3.05, 3.63) is 18.1 Å². The highest BCUT2D eigenvalue weighted by Crippen LogP contribution is 2.52. The summed E-state index contributed by atoms with van der Waals surface area (Å²) < 4.78 is 28.2. The number of nitrogen functional groups attached to an aromatic ring is 1. The minimum atomic E-state index is -4.25. The van der Waals surface area contributed by atoms with Crippen molar-refractivity contribution in [1.29, 1.82) is 0 Å². The fourth-order valence-electron chi connectivity index (χ4n) is 3.05. The summed E-state index contributed by atoms with van der Waals surface area (Å²) in [6, 6.07) is 0. The van der Waals surface area contributed by atoms with Gasteiger partial charge in [-0.05, 0) is 0 Å². The van der Waals surface area contributed by atoms with Crippen molar-refractivity contribution in [3.8, 4) is 0 Å². The zero-order valence-electron chi connectivity index (χ0n) is 12.6. The van der Waals surface area contributed by atoms with Crippen LogP contribution < -0.4 is 11.5 Å². The lowest BCUT2D eigenvalue weighted by atomic mass is 10.1. The Hall–Kier alpha value is -2.08. The second-order valence-electron chi connectivity index (χ2n) is 5.66. The zero-order valence-corrected chi connectivity index (χ0v) is 13.4. The third-order valence-corrected chi connectivity index (χ3v) is 5.13. The van der Waals surface area contributed by atoms with E-state index in [1.165, 1.54) is 17.1 Å². The summed E-state index contributed by atoms with van der Waals surface area (Å²) in [5, 5.41) is 10.7. The predicted octanol–water partition coefficient (Wildman–Crippen LogP) is -1.11. The number of phosphoric ester groups is 1. The molecule has 13 heteroatoms. The molecular weight excluding hydrogens is 357 g/mol. The predicted molar refractivity (Wildman–Crippen MR) is 81.0 cm³/mol. The maximum absolute atomic E-state index is 11.7. The molecule has 5 atom stereocenters. The van der Waals surface area contributed by atoms with Crippen LogP contribution in [0.3, 0.4) is 0 Å². The van der Waals surface area contributed by atoms with Gasteiger partial charge in [0.1, 0.15) is 36.1 Å². The van der Waals surface area contributed by atoms with Crippen molar-refractivity contribution < 1.29 is 33.1 Å². The lowest BCUT2D eigenvalue weighted by molar-refractivity contribution is -0.0663. The second kappa shape index (κ2) is 5.46. The number of aliphatic hydroxyl groups is 1. The van der Waals surface area contributed by atoms with E-state index >= 15 is 0 Å². The van der Waals surface area contributed by atoms with Gasteiger partial charge < -0.3 is 30.8 Å². The number of ether oxygens (including phenoxy) is 1. The first-order valence-electron chi connectivity index (χ1n) is 7.18. The molecule has 1 amide bonds. The van der Waals surface area contributed by atoms with Gasteiger partial charge in [-0.25, -0.2) is 14.5 Å². The highest BCUT2D eigenvalue weighted by molar-refractivity contribution is 7.47. The zero-order chi connectivity index (χ0) is 17.9. The van der Waals surface area contributed by atoms with Crippen LogP contribution in [0, 0.1) is 0 Å². The van der Waals surface area contributed by atoms with Crippen LogP contribution in [0.4, 0.5) is 5.82 Å². The Balaban J connectivity index is 1.80. The molecule has 0 aliphatic carbocycles. The van der Waals surface area contributed by atoms with Crippen molar-refractivity contribution in [2.75, 3.05) is 12.3 Å². The number of rotatable bonds is 2. The van der Waals surface area contributed by atoms with Gasteiger partial charge in [0.15, 0.2) is 6.23 Å². The minimum absolute atomic E-state index is 0.0434. The Bertz CT molecular complexity index is 917. The molecule has 2 aromatic rings. The maximum atomic E-state index is 11.7. The average molecular weight is 371 g/mol. The van der Waals surface area contributed by atoms with Crippen LogP contribution in [-0.4, -0.2) is 55.4 Å². The minimum Gasteiger partial charge on any atom is -0.386 e. The van der Waals surface area contributed by atoms with Gasteiger partial charge in [0.2, 0.25) is 0 Å². The Labute approximate surface area is 139 Å². The SMILES string of the molecule is NC(=O)c1cn([C@@H]2OC3COP(=O)(O)OC3[C@H]2O)c2ncnc(N)c12. The second-order valence-corrected chi connectivity index (χ2v) is 7.07. The molecule has 0 radical (unpaired) electrons. The molecule has 4 heterocycles. The molecular formula is C12H14N5O7P. The summed E-state index contributed by atoms with van der Waals surface area (Å²) in [7, 11) is -4.25. The van der Waals surface area contributed by atoms with Gasteiger partial charge in [-0.1, -0.05) is 0 Å². The molecule has 134 valence electrons. The molecule has 0 saturated carbocycles. The molecule has 2 aromatic heterocycles. The maximum Gasteiger partial charge on any atom is 0.472 e. The summed E-state index contributed by atoms with van der Waals surface area (Å²) in [6.45, 7) is -0.231. The monoisotopic (exact) mass is 371 g/mol. The molecule has 2 fully saturated rings. The van der Waals surface area contributed by atoms with E-state index in [2.05, 4.69) is 14.5 Å². The van der Waals surface area contributed by atoms with Crippen LogP contribution >= 0.6 is 7.82 Å². The molecule has 12 nitrogen and oxygen atoms in total. The summed E-state index contributed by atoms with van der Waals surface area (Å²) in [5.41, 5.74) is 11.4. The number of primary amides is 1. The molecule has 0 bridgehead atoms. The average Bonchev–Trinajstić information content (AvgIpc) is 3.07. The third kappa shape index (κ3) is 2.51. The first-order chi connectivity index (χ1) is 11.8. The van der Waals surface area contributed by atoms with Gasteiger partial charge in [0, 0.05) is 6.20 Å². The van der Waals surface area contributed by atoms with Crippen LogP contribution in [0.25, 0.3) is 11.0 Å². The lowest BCUT2D eigenvalue weighted by Crippen LogP contribution is -2.39. The van der Waals surface area contributed by atoms with E-state index in [1.807, 2.05) is 0 Å². The number of amides is 1. The number of carbonyl (C=O) groups excluding carboxylic acids is 1. The van der Waals surface area contributed by atoms with Crippen molar-refractivity contribution in [1.82, 2.24) is 14.5 Å². The standard InChI is InChI=1S/C12H14N5O7P/c13-9-6-4(10(14)19)1-17(11(6)16-3-15-9)12-7(18)8-5(23-12)2-22-25(20,21)24-8/h1,3,5,7-8,12,18H,2H2,(H2,14,19)(H,20,21)(H2,13,15,16)/t5?,7-,8?,12-/m1/s1. The van der Waals surface area contributed by atoms with Crippen molar-refractivity contribution in [3.63, 3.8) is 0 Å². The molecule has 25 heavy (non-hydrogen) atoms. The number of hydrogen-bond acceptors (Lipinski definition) is 9. The Morgan fingerprint density at radius 1 is 1.44 bits per heavy atom. The molecule has 2 aliphatic rings. The number of hydrogen-bond donors (Lipinski definition) is 4. The van der Waals surface area contributed by atoms with E-state index in [0.717, 1.165) is 0 Å². The van der Waals surface area contributed by atoms with E-state index < -0.39 is 38.3 Å². The van der Waals surface area contributed by atoms with Crippen LogP contribution in [0.15, 0.2) is 12.5 Å². The number of nitrogens with zero attached hydrogens (tertiary/aromatic N) is 3. The van der Waals surface area contributed by atoms with Gasteiger partial charge >= 0.3 is 7.82 Å². The van der Waals surface area contributed by atoms with Gasteiger partial charge in [0.25, 0.3) is 5.91 Å². The van der Waals surface area contributed by atoms with Gasteiger partial charge in [-0.15, -0.1) is 0 Å². The van der Waals surface area contributed by atoms with Crippen LogP contribution in [-0.2, 0) is 18.3 Å². The molecule has 0 spiro atoms. The van der Waals surface area contributed by atoms with Crippen LogP contribution in [0.1, 0.15) is 16.6 Å². The molecule has 6 N–H and O–H groups in total. The van der Waals surface area contributed by atoms with E-state index in [-0.39, 0.29) is 29.0 Å². The summed E-state index contributed by atoms with van der Waals surface area (Å²) in [4.78, 5) is 29.0. The Kier molecular flexibility index (Phi) is 3.58. The lowest BCUT2D eigenvalue weighted by Gasteiger charge is -2.27. The highest BCUT2D eigenvalue weighted by atomic mass is 31.2.